The minimum Gasteiger partial charge on any atom is -0.480 e. The zero-order valence-electron chi connectivity index (χ0n) is 8.78. The second kappa shape index (κ2) is 5.55. The topological polar surface area (TPSA) is 49.3 Å². The normalized spacial score (nSPS) is 12.8. The molecular weight excluding hydrogens is 216 g/mol. The summed E-state index contributed by atoms with van der Waals surface area (Å²) in [7, 11) is 1.55. The van der Waals surface area contributed by atoms with Crippen molar-refractivity contribution in [3.63, 3.8) is 0 Å². The number of rotatable bonds is 5. The van der Waals surface area contributed by atoms with Crippen LogP contribution in [0.4, 0.5) is 8.78 Å². The first-order chi connectivity index (χ1) is 7.54. The molecule has 88 valence electrons. The van der Waals surface area contributed by atoms with E-state index in [9.17, 15) is 13.6 Å². The van der Waals surface area contributed by atoms with Crippen LogP contribution in [0.2, 0.25) is 0 Å². The molecule has 0 spiro atoms. The van der Waals surface area contributed by atoms with E-state index in [4.69, 9.17) is 5.11 Å². The molecule has 2 N–H and O–H groups in total. The number of halogens is 2. The highest BCUT2D eigenvalue weighted by Gasteiger charge is 2.15. The third kappa shape index (κ3) is 3.27. The molecule has 0 aromatic heterocycles. The molecule has 1 rings (SSSR count). The Morgan fingerprint density at radius 1 is 1.38 bits per heavy atom. The first kappa shape index (κ1) is 12.6. The van der Waals surface area contributed by atoms with Crippen LogP contribution < -0.4 is 5.32 Å². The lowest BCUT2D eigenvalue weighted by molar-refractivity contribution is -0.139. The lowest BCUT2D eigenvalue weighted by atomic mass is 10.0. The van der Waals surface area contributed by atoms with Gasteiger partial charge in [0.05, 0.1) is 0 Å². The van der Waals surface area contributed by atoms with Crippen LogP contribution in [-0.4, -0.2) is 24.2 Å². The number of alkyl halides is 2. The van der Waals surface area contributed by atoms with Gasteiger partial charge in [0.2, 0.25) is 0 Å². The van der Waals surface area contributed by atoms with Gasteiger partial charge in [-0.15, -0.1) is 0 Å². The number of benzene rings is 1. The average molecular weight is 229 g/mol. The maximum atomic E-state index is 12.2. The molecule has 0 radical (unpaired) electrons. The Kier molecular flexibility index (Phi) is 4.37. The van der Waals surface area contributed by atoms with E-state index in [-0.39, 0.29) is 12.0 Å². The summed E-state index contributed by atoms with van der Waals surface area (Å²) in [6.45, 7) is 0. The van der Waals surface area contributed by atoms with Gasteiger partial charge in [0, 0.05) is 5.56 Å². The number of likely N-dealkylation sites (N-methyl/N-ethyl adjacent to an activating group) is 1. The van der Waals surface area contributed by atoms with Crippen molar-refractivity contribution in [3.8, 4) is 0 Å². The number of nitrogens with one attached hydrogen (secondary N) is 1. The molecule has 0 saturated carbocycles. The monoisotopic (exact) mass is 229 g/mol. The molecule has 5 heteroatoms. The smallest absolute Gasteiger partial charge is 0.321 e. The maximum absolute atomic E-state index is 12.2. The Morgan fingerprint density at radius 3 is 2.31 bits per heavy atom. The molecule has 0 amide bonds. The van der Waals surface area contributed by atoms with Crippen LogP contribution in [0.3, 0.4) is 0 Å². The molecule has 0 aliphatic carbocycles. The Hall–Kier alpha value is -1.49. The van der Waals surface area contributed by atoms with E-state index in [2.05, 4.69) is 5.32 Å². The summed E-state index contributed by atoms with van der Waals surface area (Å²) in [5.74, 6) is -0.958. The van der Waals surface area contributed by atoms with Crippen molar-refractivity contribution in [2.75, 3.05) is 7.05 Å². The summed E-state index contributed by atoms with van der Waals surface area (Å²) in [5.41, 5.74) is 0.659. The van der Waals surface area contributed by atoms with Crippen molar-refractivity contribution in [3.05, 3.63) is 35.4 Å². The molecule has 0 aliphatic rings. The number of hydrogen-bond acceptors (Lipinski definition) is 2. The molecular formula is C11H13F2NO2. The van der Waals surface area contributed by atoms with Crippen LogP contribution >= 0.6 is 0 Å². The molecule has 0 fully saturated rings. The Balaban J connectivity index is 2.71. The highest BCUT2D eigenvalue weighted by Crippen LogP contribution is 2.19. The highest BCUT2D eigenvalue weighted by atomic mass is 19.3. The molecule has 0 saturated heterocycles. The van der Waals surface area contributed by atoms with E-state index in [0.29, 0.717) is 5.56 Å². The number of hydrogen-bond donors (Lipinski definition) is 2. The number of carboxylic acid groups (broad SMARTS) is 1. The van der Waals surface area contributed by atoms with Gasteiger partial charge in [0.1, 0.15) is 6.04 Å². The van der Waals surface area contributed by atoms with Crippen molar-refractivity contribution in [2.24, 2.45) is 0 Å². The summed E-state index contributed by atoms with van der Waals surface area (Å²) >= 11 is 0. The van der Waals surface area contributed by atoms with Crippen LogP contribution in [0.25, 0.3) is 0 Å². The molecule has 1 aromatic carbocycles. The van der Waals surface area contributed by atoms with E-state index >= 15 is 0 Å². The van der Waals surface area contributed by atoms with Crippen molar-refractivity contribution in [1.82, 2.24) is 5.32 Å². The van der Waals surface area contributed by atoms with Crippen LogP contribution in [0.15, 0.2) is 24.3 Å². The van der Waals surface area contributed by atoms with E-state index < -0.39 is 18.4 Å². The zero-order valence-corrected chi connectivity index (χ0v) is 8.78. The van der Waals surface area contributed by atoms with Gasteiger partial charge in [-0.1, -0.05) is 24.3 Å². The van der Waals surface area contributed by atoms with E-state index in [1.54, 1.807) is 7.05 Å². The standard InChI is InChI=1S/C11H13F2NO2/c1-14-9(11(15)16)6-7-2-4-8(5-3-7)10(12)13/h2-5,9-10,14H,6H2,1H3,(H,15,16). The van der Waals surface area contributed by atoms with Crippen molar-refractivity contribution in [1.29, 1.82) is 0 Å². The van der Waals surface area contributed by atoms with Gasteiger partial charge in [-0.05, 0) is 19.0 Å². The predicted octanol–water partition coefficient (Wildman–Crippen LogP) is 1.84. The van der Waals surface area contributed by atoms with Crippen molar-refractivity contribution < 1.29 is 18.7 Å². The average Bonchev–Trinajstić information content (AvgIpc) is 2.26. The summed E-state index contributed by atoms with van der Waals surface area (Å²) in [4.78, 5) is 10.7. The quantitative estimate of drug-likeness (QED) is 0.810. The van der Waals surface area contributed by atoms with Crippen molar-refractivity contribution in [2.45, 2.75) is 18.9 Å². The van der Waals surface area contributed by atoms with Gasteiger partial charge >= 0.3 is 5.97 Å². The lowest BCUT2D eigenvalue weighted by Gasteiger charge is -2.11. The fourth-order valence-corrected chi connectivity index (χ4v) is 1.35. The fourth-order valence-electron chi connectivity index (χ4n) is 1.35. The molecule has 1 aromatic rings. The minimum absolute atomic E-state index is 0.0555. The summed E-state index contributed by atoms with van der Waals surface area (Å²) < 4.78 is 24.5. The van der Waals surface area contributed by atoms with E-state index in [1.165, 1.54) is 24.3 Å². The number of carboxylic acids is 1. The molecule has 0 bridgehead atoms. The predicted molar refractivity (Wildman–Crippen MR) is 55.6 cm³/mol. The van der Waals surface area contributed by atoms with E-state index in [1.807, 2.05) is 0 Å². The largest absolute Gasteiger partial charge is 0.480 e. The minimum atomic E-state index is -2.49. The second-order valence-electron chi connectivity index (χ2n) is 3.43. The Morgan fingerprint density at radius 2 is 1.94 bits per heavy atom. The van der Waals surface area contributed by atoms with Crippen molar-refractivity contribution >= 4 is 5.97 Å². The molecule has 0 heterocycles. The lowest BCUT2D eigenvalue weighted by Crippen LogP contribution is -2.35. The van der Waals surface area contributed by atoms with Crippen LogP contribution in [0.1, 0.15) is 17.6 Å². The molecule has 16 heavy (non-hydrogen) atoms. The molecule has 3 nitrogen and oxygen atoms in total. The van der Waals surface area contributed by atoms with Gasteiger partial charge in [-0.25, -0.2) is 8.78 Å². The summed E-state index contributed by atoms with van der Waals surface area (Å²) in [6, 6.07) is 4.98. The van der Waals surface area contributed by atoms with Crippen LogP contribution in [0.5, 0.6) is 0 Å². The van der Waals surface area contributed by atoms with Crippen LogP contribution in [0, 0.1) is 0 Å². The van der Waals surface area contributed by atoms with Crippen LogP contribution in [-0.2, 0) is 11.2 Å². The third-order valence-corrected chi connectivity index (χ3v) is 2.32. The SMILES string of the molecule is CNC(Cc1ccc(C(F)F)cc1)C(=O)O. The maximum Gasteiger partial charge on any atom is 0.321 e. The zero-order chi connectivity index (χ0) is 12.1. The first-order valence-corrected chi connectivity index (χ1v) is 4.81. The number of carbonyl (C=O) groups is 1. The second-order valence-corrected chi connectivity index (χ2v) is 3.43. The molecule has 1 atom stereocenters. The van der Waals surface area contributed by atoms with Gasteiger partial charge in [-0.3, -0.25) is 4.79 Å². The number of aliphatic carboxylic acids is 1. The van der Waals surface area contributed by atoms with Gasteiger partial charge in [0.15, 0.2) is 0 Å². The summed E-state index contributed by atoms with van der Waals surface area (Å²) in [5, 5.41) is 11.4. The van der Waals surface area contributed by atoms with Gasteiger partial charge in [0.25, 0.3) is 6.43 Å². The molecule has 1 unspecified atom stereocenters. The fraction of sp³-hybridized carbons (Fsp3) is 0.364. The summed E-state index contributed by atoms with van der Waals surface area (Å²) in [6.07, 6.45) is -2.22. The Bertz CT molecular complexity index is 352. The van der Waals surface area contributed by atoms with Gasteiger partial charge < -0.3 is 10.4 Å². The van der Waals surface area contributed by atoms with E-state index in [0.717, 1.165) is 0 Å². The third-order valence-electron chi connectivity index (χ3n) is 2.32. The highest BCUT2D eigenvalue weighted by molar-refractivity contribution is 5.73. The molecule has 0 aliphatic heterocycles. The first-order valence-electron chi connectivity index (χ1n) is 4.81. The Labute approximate surface area is 92.1 Å². The van der Waals surface area contributed by atoms with Gasteiger partial charge in [-0.2, -0.15) is 0 Å².